The van der Waals surface area contributed by atoms with E-state index in [-0.39, 0.29) is 28.5 Å². The molecule has 2 aromatic rings. The molecule has 1 amide bonds. The Morgan fingerprint density at radius 1 is 1.06 bits per heavy atom. The zero-order chi connectivity index (χ0) is 23.5. The number of rotatable bonds is 7. The highest BCUT2D eigenvalue weighted by Gasteiger charge is 2.50. The smallest absolute Gasteiger partial charge is 0.295 e. The van der Waals surface area contributed by atoms with Crippen molar-refractivity contribution in [1.29, 1.82) is 0 Å². The average molecular weight is 454 g/mol. The van der Waals surface area contributed by atoms with Gasteiger partial charge in [0.15, 0.2) is 0 Å². The predicted octanol–water partition coefficient (Wildman–Crippen LogP) is 4.99. The zero-order valence-electron chi connectivity index (χ0n) is 18.8. The van der Waals surface area contributed by atoms with Crippen LogP contribution in [-0.4, -0.2) is 41.0 Å². The van der Waals surface area contributed by atoms with Crippen molar-refractivity contribution in [2.75, 3.05) is 13.2 Å². The first-order valence-electron chi connectivity index (χ1n) is 11.4. The van der Waals surface area contributed by atoms with Crippen molar-refractivity contribution in [1.82, 2.24) is 4.90 Å². The largest absolute Gasteiger partial charge is 0.507 e. The molecule has 1 N–H and O–H groups in total. The predicted molar refractivity (Wildman–Crippen MR) is 122 cm³/mol. The number of hydrogen-bond acceptors (Lipinski definition) is 5. The number of ketones is 1. The minimum Gasteiger partial charge on any atom is -0.507 e. The van der Waals surface area contributed by atoms with Crippen molar-refractivity contribution in [3.63, 3.8) is 0 Å². The van der Waals surface area contributed by atoms with E-state index in [9.17, 15) is 19.1 Å². The Hall–Kier alpha value is -3.35. The van der Waals surface area contributed by atoms with E-state index in [2.05, 4.69) is 0 Å². The van der Waals surface area contributed by atoms with E-state index in [1.165, 1.54) is 11.0 Å². The topological polar surface area (TPSA) is 76.1 Å². The summed E-state index contributed by atoms with van der Waals surface area (Å²) < 4.78 is 26.2. The van der Waals surface area contributed by atoms with E-state index in [0.29, 0.717) is 24.7 Å². The molecule has 33 heavy (non-hydrogen) atoms. The lowest BCUT2D eigenvalue weighted by atomic mass is 9.94. The van der Waals surface area contributed by atoms with Gasteiger partial charge in [-0.3, -0.25) is 9.59 Å². The molecule has 0 aromatic heterocycles. The second-order valence-corrected chi connectivity index (χ2v) is 8.19. The summed E-state index contributed by atoms with van der Waals surface area (Å²) in [5.74, 6) is -1.57. The number of hydrogen-bond donors (Lipinski definition) is 1. The minimum atomic E-state index is -1.00. The number of ether oxygens (including phenoxy) is 2. The molecule has 1 heterocycles. The Morgan fingerprint density at radius 2 is 1.76 bits per heavy atom. The number of carbonyl (C=O) groups excluding carboxylic acids is 2. The number of likely N-dealkylation sites (tertiary alicyclic amines) is 1. The van der Waals surface area contributed by atoms with Gasteiger partial charge in [-0.2, -0.15) is 0 Å². The second-order valence-electron chi connectivity index (χ2n) is 8.19. The van der Waals surface area contributed by atoms with Gasteiger partial charge in [0.25, 0.3) is 11.7 Å². The molecule has 174 valence electrons. The summed E-state index contributed by atoms with van der Waals surface area (Å²) in [5, 5.41) is 11.4. The summed E-state index contributed by atoms with van der Waals surface area (Å²) >= 11 is 0. The van der Waals surface area contributed by atoms with Crippen LogP contribution in [0.5, 0.6) is 11.5 Å². The van der Waals surface area contributed by atoms with Gasteiger partial charge in [0.1, 0.15) is 23.1 Å². The molecule has 4 rings (SSSR count). The van der Waals surface area contributed by atoms with Crippen LogP contribution in [-0.2, 0) is 9.59 Å². The van der Waals surface area contributed by atoms with Crippen LogP contribution in [0.3, 0.4) is 0 Å². The lowest BCUT2D eigenvalue weighted by Crippen LogP contribution is -2.38. The van der Waals surface area contributed by atoms with E-state index in [1.807, 2.05) is 6.92 Å². The molecule has 1 atom stereocenters. The number of aliphatic hydroxyl groups excluding tert-OH is 1. The van der Waals surface area contributed by atoms with Crippen LogP contribution >= 0.6 is 0 Å². The van der Waals surface area contributed by atoms with Crippen LogP contribution in [0, 0.1) is 5.82 Å². The number of amides is 1. The molecule has 6 nitrogen and oxygen atoms in total. The van der Waals surface area contributed by atoms with Crippen molar-refractivity contribution in [3.8, 4) is 11.5 Å². The Kier molecular flexibility index (Phi) is 6.67. The van der Waals surface area contributed by atoms with E-state index >= 15 is 0 Å². The Bertz CT molecular complexity index is 1090. The van der Waals surface area contributed by atoms with Gasteiger partial charge in [-0.15, -0.1) is 0 Å². The molecule has 2 fully saturated rings. The van der Waals surface area contributed by atoms with E-state index in [0.717, 1.165) is 25.7 Å². The van der Waals surface area contributed by atoms with Crippen molar-refractivity contribution in [3.05, 3.63) is 65.0 Å². The first-order chi connectivity index (χ1) is 16.0. The molecule has 1 aliphatic carbocycles. The summed E-state index contributed by atoms with van der Waals surface area (Å²) in [6.07, 6.45) is 3.35. The highest BCUT2D eigenvalue weighted by atomic mass is 19.1. The number of benzene rings is 2. The first kappa shape index (κ1) is 22.8. The average Bonchev–Trinajstić information content (AvgIpc) is 3.41. The summed E-state index contributed by atoms with van der Waals surface area (Å²) in [6.45, 7) is 4.43. The Balaban J connectivity index is 1.90. The van der Waals surface area contributed by atoms with Gasteiger partial charge in [-0.25, -0.2) is 4.39 Å². The zero-order valence-corrected chi connectivity index (χ0v) is 18.8. The quantitative estimate of drug-likeness (QED) is 0.363. The third-order valence-corrected chi connectivity index (χ3v) is 6.22. The summed E-state index contributed by atoms with van der Waals surface area (Å²) in [4.78, 5) is 27.8. The number of Topliss-reactive ketones (excluding diaryl/α,β-unsaturated/α-hetero) is 1. The summed E-state index contributed by atoms with van der Waals surface area (Å²) in [7, 11) is 0. The van der Waals surface area contributed by atoms with Crippen LogP contribution in [0.15, 0.2) is 48.0 Å². The molecule has 1 saturated carbocycles. The molecule has 1 unspecified atom stereocenters. The maximum atomic E-state index is 14.9. The van der Waals surface area contributed by atoms with Crippen molar-refractivity contribution >= 4 is 17.4 Å². The molecule has 0 bridgehead atoms. The highest BCUT2D eigenvalue weighted by Crippen LogP contribution is 2.45. The molecule has 0 spiro atoms. The summed E-state index contributed by atoms with van der Waals surface area (Å²) in [5.41, 5.74) is 0.322. The Labute approximate surface area is 192 Å². The van der Waals surface area contributed by atoms with Gasteiger partial charge < -0.3 is 19.5 Å². The summed E-state index contributed by atoms with van der Waals surface area (Å²) in [6, 6.07) is 9.77. The van der Waals surface area contributed by atoms with Crippen molar-refractivity contribution < 1.29 is 28.6 Å². The fourth-order valence-electron chi connectivity index (χ4n) is 4.79. The molecule has 2 aromatic carbocycles. The van der Waals surface area contributed by atoms with Gasteiger partial charge in [-0.1, -0.05) is 31.0 Å². The molecule has 2 aliphatic rings. The number of aliphatic hydroxyl groups is 1. The van der Waals surface area contributed by atoms with Gasteiger partial charge in [0.2, 0.25) is 0 Å². The van der Waals surface area contributed by atoms with Crippen LogP contribution in [0.4, 0.5) is 4.39 Å². The number of halogens is 1. The SMILES string of the molecule is CCOc1ccc(/C(O)=C2\C(=O)C(=O)N(C3CCCC3)C2c2ccccc2F)c(OCC)c1. The minimum absolute atomic E-state index is 0.123. The van der Waals surface area contributed by atoms with Crippen LogP contribution in [0.2, 0.25) is 0 Å². The van der Waals surface area contributed by atoms with Crippen molar-refractivity contribution in [2.24, 2.45) is 0 Å². The van der Waals surface area contributed by atoms with Gasteiger partial charge >= 0.3 is 0 Å². The van der Waals surface area contributed by atoms with Crippen molar-refractivity contribution in [2.45, 2.75) is 51.6 Å². The van der Waals surface area contributed by atoms with Gasteiger partial charge in [0.05, 0.1) is 30.4 Å². The number of carbonyl (C=O) groups is 2. The third-order valence-electron chi connectivity index (χ3n) is 6.22. The molecule has 0 radical (unpaired) electrons. The maximum Gasteiger partial charge on any atom is 0.295 e. The standard InChI is InChI=1S/C26H28FNO5/c1-3-32-17-13-14-19(21(15-17)33-4-2)24(29)22-23(18-11-7-8-12-20(18)27)28(26(31)25(22)30)16-9-5-6-10-16/h7-8,11-16,23,29H,3-6,9-10H2,1-2H3/b24-22+. The fourth-order valence-corrected chi connectivity index (χ4v) is 4.79. The monoisotopic (exact) mass is 453 g/mol. The molecule has 1 saturated heterocycles. The highest BCUT2D eigenvalue weighted by molar-refractivity contribution is 6.46. The van der Waals surface area contributed by atoms with Gasteiger partial charge in [-0.05, 0) is 44.9 Å². The van der Waals surface area contributed by atoms with Crippen LogP contribution < -0.4 is 9.47 Å². The first-order valence-corrected chi connectivity index (χ1v) is 11.4. The third kappa shape index (κ3) is 4.19. The second kappa shape index (κ2) is 9.65. The normalized spacial score (nSPS) is 20.5. The van der Waals surface area contributed by atoms with Gasteiger partial charge in [0, 0.05) is 17.7 Å². The van der Waals surface area contributed by atoms with Crippen LogP contribution in [0.1, 0.15) is 56.7 Å². The fraction of sp³-hybridized carbons (Fsp3) is 0.385. The van der Waals surface area contributed by atoms with E-state index in [4.69, 9.17) is 9.47 Å². The van der Waals surface area contributed by atoms with Crippen LogP contribution in [0.25, 0.3) is 5.76 Å². The maximum absolute atomic E-state index is 14.9. The molecular weight excluding hydrogens is 425 g/mol. The number of nitrogens with zero attached hydrogens (tertiary/aromatic N) is 1. The lowest BCUT2D eigenvalue weighted by Gasteiger charge is -2.31. The molecule has 1 aliphatic heterocycles. The Morgan fingerprint density at radius 3 is 2.42 bits per heavy atom. The molecular formula is C26H28FNO5. The molecule has 7 heteroatoms. The van der Waals surface area contributed by atoms with E-state index < -0.39 is 23.5 Å². The van der Waals surface area contributed by atoms with E-state index in [1.54, 1.807) is 43.3 Å². The lowest BCUT2D eigenvalue weighted by molar-refractivity contribution is -0.141.